The zero-order valence-corrected chi connectivity index (χ0v) is 10.3. The van der Waals surface area contributed by atoms with Gasteiger partial charge in [0.1, 0.15) is 5.78 Å². The smallest absolute Gasteiger partial charge is 0.139 e. The fourth-order valence-electron chi connectivity index (χ4n) is 1.13. The first kappa shape index (κ1) is 11.7. The summed E-state index contributed by atoms with van der Waals surface area (Å²) in [6.45, 7) is 0.517. The number of hydrogen-bond donors (Lipinski definition) is 0. The molecule has 0 saturated heterocycles. The van der Waals surface area contributed by atoms with Crippen molar-refractivity contribution in [1.29, 1.82) is 0 Å². The Morgan fingerprint density at radius 2 is 2.00 bits per heavy atom. The molecule has 1 aromatic rings. The summed E-state index contributed by atoms with van der Waals surface area (Å²) < 4.78 is 6.04. The summed E-state index contributed by atoms with van der Waals surface area (Å²) in [6.07, 6.45) is 1.02. The largest absolute Gasteiger partial charge is 0.384 e. The monoisotopic (exact) mass is 304 g/mol. The van der Waals surface area contributed by atoms with Crippen molar-refractivity contribution in [2.75, 3.05) is 13.7 Å². The predicted octanol–water partition coefficient (Wildman–Crippen LogP) is 2.44. The zero-order chi connectivity index (χ0) is 10.4. The number of Topliss-reactive ketones (excluding diaryl/α,β-unsaturated/α-hetero) is 1. The summed E-state index contributed by atoms with van der Waals surface area (Å²) in [5.41, 5.74) is 1.08. The lowest BCUT2D eigenvalue weighted by atomic mass is 10.1. The van der Waals surface area contributed by atoms with E-state index in [1.807, 2.05) is 24.3 Å². The first-order valence-electron chi connectivity index (χ1n) is 4.47. The van der Waals surface area contributed by atoms with Crippen molar-refractivity contribution >= 4 is 28.4 Å². The molecule has 14 heavy (non-hydrogen) atoms. The van der Waals surface area contributed by atoms with Crippen LogP contribution < -0.4 is 0 Å². The van der Waals surface area contributed by atoms with Crippen molar-refractivity contribution in [1.82, 2.24) is 0 Å². The van der Waals surface area contributed by atoms with E-state index in [4.69, 9.17) is 4.74 Å². The van der Waals surface area contributed by atoms with Gasteiger partial charge in [-0.2, -0.15) is 0 Å². The Morgan fingerprint density at radius 1 is 1.36 bits per heavy atom. The van der Waals surface area contributed by atoms with Gasteiger partial charge in [0.05, 0.1) is 6.61 Å². The van der Waals surface area contributed by atoms with Crippen LogP contribution in [0.2, 0.25) is 0 Å². The minimum atomic E-state index is 0.230. The molecule has 0 bridgehead atoms. The van der Waals surface area contributed by atoms with E-state index < -0.39 is 0 Å². The van der Waals surface area contributed by atoms with Gasteiger partial charge in [-0.05, 0) is 40.3 Å². The van der Waals surface area contributed by atoms with Gasteiger partial charge in [0.25, 0.3) is 0 Å². The van der Waals surface area contributed by atoms with Gasteiger partial charge in [-0.3, -0.25) is 4.79 Å². The summed E-state index contributed by atoms with van der Waals surface area (Å²) >= 11 is 2.25. The van der Waals surface area contributed by atoms with Gasteiger partial charge in [0, 0.05) is 23.5 Å². The number of carbonyl (C=O) groups excluding carboxylic acids is 1. The van der Waals surface area contributed by atoms with E-state index in [-0.39, 0.29) is 5.78 Å². The van der Waals surface area contributed by atoms with Crippen LogP contribution in [0.5, 0.6) is 0 Å². The number of benzene rings is 1. The molecule has 0 aliphatic carbocycles. The van der Waals surface area contributed by atoms with Crippen LogP contribution in [-0.2, 0) is 16.0 Å². The molecule has 0 heterocycles. The average molecular weight is 304 g/mol. The molecule has 2 nitrogen and oxygen atoms in total. The highest BCUT2D eigenvalue weighted by Gasteiger charge is 2.02. The number of methoxy groups -OCH3 is 1. The molecule has 1 rings (SSSR count). The van der Waals surface area contributed by atoms with Crippen molar-refractivity contribution < 1.29 is 9.53 Å². The summed E-state index contributed by atoms with van der Waals surface area (Å²) in [5.74, 6) is 0.230. The van der Waals surface area contributed by atoms with Gasteiger partial charge < -0.3 is 4.74 Å². The summed E-state index contributed by atoms with van der Waals surface area (Å²) in [7, 11) is 1.61. The maximum atomic E-state index is 11.4. The molecule has 3 heteroatoms. The molecule has 0 saturated carbocycles. The lowest BCUT2D eigenvalue weighted by Crippen LogP contribution is -2.05. The highest BCUT2D eigenvalue weighted by Crippen LogP contribution is 2.08. The third kappa shape index (κ3) is 4.19. The third-order valence-corrected chi connectivity index (χ3v) is 2.62. The van der Waals surface area contributed by atoms with Crippen LogP contribution >= 0.6 is 22.6 Å². The maximum Gasteiger partial charge on any atom is 0.139 e. The first-order valence-corrected chi connectivity index (χ1v) is 5.55. The normalized spacial score (nSPS) is 10.1. The van der Waals surface area contributed by atoms with E-state index in [9.17, 15) is 4.79 Å². The lowest BCUT2D eigenvalue weighted by molar-refractivity contribution is -0.119. The molecule has 0 aliphatic heterocycles. The van der Waals surface area contributed by atoms with E-state index in [1.165, 1.54) is 3.57 Å². The van der Waals surface area contributed by atoms with Crippen molar-refractivity contribution in [3.8, 4) is 0 Å². The zero-order valence-electron chi connectivity index (χ0n) is 8.13. The van der Waals surface area contributed by atoms with Gasteiger partial charge in [-0.1, -0.05) is 12.1 Å². The van der Waals surface area contributed by atoms with Crippen LogP contribution in [0.3, 0.4) is 0 Å². The highest BCUT2D eigenvalue weighted by atomic mass is 127. The van der Waals surface area contributed by atoms with Crippen molar-refractivity contribution in [3.63, 3.8) is 0 Å². The molecular weight excluding hydrogens is 291 g/mol. The summed E-state index contributed by atoms with van der Waals surface area (Å²) in [4.78, 5) is 11.4. The van der Waals surface area contributed by atoms with Gasteiger partial charge in [-0.25, -0.2) is 0 Å². The Hall–Kier alpha value is -0.420. The number of ether oxygens (including phenoxy) is 1. The average Bonchev–Trinajstić information content (AvgIpc) is 2.18. The van der Waals surface area contributed by atoms with Crippen molar-refractivity contribution in [2.24, 2.45) is 0 Å². The topological polar surface area (TPSA) is 26.3 Å². The predicted molar refractivity (Wildman–Crippen MR) is 64.4 cm³/mol. The highest BCUT2D eigenvalue weighted by molar-refractivity contribution is 14.1. The number of rotatable bonds is 5. The second-order valence-corrected chi connectivity index (χ2v) is 4.33. The second-order valence-electron chi connectivity index (χ2n) is 3.08. The molecule has 76 valence electrons. The minimum absolute atomic E-state index is 0.230. The number of ketones is 1. The summed E-state index contributed by atoms with van der Waals surface area (Å²) in [6, 6.07) is 8.01. The molecular formula is C11H13IO2. The minimum Gasteiger partial charge on any atom is -0.384 e. The van der Waals surface area contributed by atoms with E-state index >= 15 is 0 Å². The number of halogens is 1. The van der Waals surface area contributed by atoms with Crippen LogP contribution in [-0.4, -0.2) is 19.5 Å². The Bertz CT molecular complexity index is 293. The standard InChI is InChI=1S/C11H13IO2/c1-14-7-6-11(13)8-9-2-4-10(12)5-3-9/h2-5H,6-8H2,1H3. The van der Waals surface area contributed by atoms with Crippen LogP contribution in [0.25, 0.3) is 0 Å². The maximum absolute atomic E-state index is 11.4. The molecule has 0 atom stereocenters. The van der Waals surface area contributed by atoms with Crippen LogP contribution in [0, 0.1) is 3.57 Å². The van der Waals surface area contributed by atoms with E-state index in [1.54, 1.807) is 7.11 Å². The van der Waals surface area contributed by atoms with Gasteiger partial charge in [0.15, 0.2) is 0 Å². The first-order chi connectivity index (χ1) is 6.72. The van der Waals surface area contributed by atoms with Crippen LogP contribution in [0.4, 0.5) is 0 Å². The third-order valence-electron chi connectivity index (χ3n) is 1.90. The molecule has 1 aromatic carbocycles. The van der Waals surface area contributed by atoms with Gasteiger partial charge in [-0.15, -0.1) is 0 Å². The Kier molecular flexibility index (Phi) is 5.11. The van der Waals surface area contributed by atoms with Crippen molar-refractivity contribution in [2.45, 2.75) is 12.8 Å². The number of carbonyl (C=O) groups is 1. The molecule has 0 spiro atoms. The van der Waals surface area contributed by atoms with Crippen LogP contribution in [0.15, 0.2) is 24.3 Å². The molecule has 0 radical (unpaired) electrons. The SMILES string of the molecule is COCCC(=O)Cc1ccc(I)cc1. The fraction of sp³-hybridized carbons (Fsp3) is 0.364. The van der Waals surface area contributed by atoms with Crippen molar-refractivity contribution in [3.05, 3.63) is 33.4 Å². The lowest BCUT2D eigenvalue weighted by Gasteiger charge is -2.00. The quantitative estimate of drug-likeness (QED) is 0.781. The molecule has 0 N–H and O–H groups in total. The molecule has 0 fully saturated rings. The Labute approximate surface area is 97.8 Å². The Balaban J connectivity index is 2.44. The molecule has 0 unspecified atom stereocenters. The molecule has 0 amide bonds. The molecule has 0 aromatic heterocycles. The van der Waals surface area contributed by atoms with Gasteiger partial charge in [0.2, 0.25) is 0 Å². The van der Waals surface area contributed by atoms with Crippen LogP contribution in [0.1, 0.15) is 12.0 Å². The van der Waals surface area contributed by atoms with E-state index in [2.05, 4.69) is 22.6 Å². The second kappa shape index (κ2) is 6.14. The number of hydrogen-bond acceptors (Lipinski definition) is 2. The van der Waals surface area contributed by atoms with E-state index in [0.29, 0.717) is 19.4 Å². The van der Waals surface area contributed by atoms with E-state index in [0.717, 1.165) is 5.56 Å². The Morgan fingerprint density at radius 3 is 2.57 bits per heavy atom. The molecule has 0 aliphatic rings. The fourth-order valence-corrected chi connectivity index (χ4v) is 1.49. The van der Waals surface area contributed by atoms with Gasteiger partial charge >= 0.3 is 0 Å². The summed E-state index contributed by atoms with van der Waals surface area (Å²) in [5, 5.41) is 0.